The lowest BCUT2D eigenvalue weighted by molar-refractivity contribution is -0.0622. The van der Waals surface area contributed by atoms with Crippen LogP contribution in [-0.4, -0.2) is 39.1 Å². The van der Waals surface area contributed by atoms with Crippen LogP contribution in [0.3, 0.4) is 0 Å². The van der Waals surface area contributed by atoms with Crippen LogP contribution < -0.4 is 5.73 Å². The maximum Gasteiger partial charge on any atom is 0.0877 e. The van der Waals surface area contributed by atoms with Crippen LogP contribution in [0, 0.1) is 0 Å². The summed E-state index contributed by atoms with van der Waals surface area (Å²) < 4.78 is 4.08. The van der Waals surface area contributed by atoms with E-state index in [1.54, 1.807) is 6.20 Å². The highest BCUT2D eigenvalue weighted by molar-refractivity contribution is 7.05. The van der Waals surface area contributed by atoms with Crippen LogP contribution in [0.4, 0.5) is 0 Å². The molecule has 2 fully saturated rings. The van der Waals surface area contributed by atoms with E-state index >= 15 is 0 Å². The van der Waals surface area contributed by atoms with Crippen molar-refractivity contribution in [3.05, 3.63) is 17.1 Å². The lowest BCUT2D eigenvalue weighted by atomic mass is 9.80. The van der Waals surface area contributed by atoms with Gasteiger partial charge >= 0.3 is 0 Å². The van der Waals surface area contributed by atoms with E-state index in [0.717, 1.165) is 17.7 Å². The Morgan fingerprint density at radius 2 is 2.18 bits per heavy atom. The van der Waals surface area contributed by atoms with Crippen molar-refractivity contribution in [2.24, 2.45) is 5.73 Å². The lowest BCUT2D eigenvalue weighted by Gasteiger charge is -2.44. The fourth-order valence-electron chi connectivity index (χ4n) is 3.39. The number of hydrogen-bond acceptors (Lipinski definition) is 5. The molecule has 2 aliphatic rings. The zero-order valence-electron chi connectivity index (χ0n) is 10.0. The molecule has 3 unspecified atom stereocenters. The fourth-order valence-corrected chi connectivity index (χ4v) is 4.08. The van der Waals surface area contributed by atoms with Gasteiger partial charge < -0.3 is 15.7 Å². The number of hydrogen-bond donors (Lipinski definition) is 2. The zero-order chi connectivity index (χ0) is 12.0. The summed E-state index contributed by atoms with van der Waals surface area (Å²) in [5, 5.41) is 10.8. The van der Waals surface area contributed by atoms with Crippen molar-refractivity contribution in [1.29, 1.82) is 0 Å². The first kappa shape index (κ1) is 11.6. The Balaban J connectivity index is 1.83. The summed E-state index contributed by atoms with van der Waals surface area (Å²) in [6.45, 7) is 0. The van der Waals surface area contributed by atoms with Gasteiger partial charge in [-0.1, -0.05) is 0 Å². The number of piperidine rings is 1. The van der Waals surface area contributed by atoms with Gasteiger partial charge in [0.2, 0.25) is 0 Å². The molecule has 1 aromatic heterocycles. The maximum atomic E-state index is 10.8. The third kappa shape index (κ3) is 1.81. The maximum absolute atomic E-state index is 10.8. The van der Waals surface area contributed by atoms with Crippen molar-refractivity contribution in [3.63, 3.8) is 0 Å². The minimum atomic E-state index is -0.745. The Bertz CT molecular complexity index is 380. The van der Waals surface area contributed by atoms with Gasteiger partial charge in [0.05, 0.1) is 11.6 Å². The third-order valence-electron chi connectivity index (χ3n) is 4.51. The van der Waals surface area contributed by atoms with Gasteiger partial charge in [0.15, 0.2) is 0 Å². The van der Waals surface area contributed by atoms with E-state index < -0.39 is 5.60 Å². The first-order valence-corrected chi connectivity index (χ1v) is 6.98. The Morgan fingerprint density at radius 1 is 1.53 bits per heavy atom. The molecule has 17 heavy (non-hydrogen) atoms. The second kappa shape index (κ2) is 4.02. The predicted molar refractivity (Wildman–Crippen MR) is 67.8 cm³/mol. The monoisotopic (exact) mass is 253 g/mol. The van der Waals surface area contributed by atoms with E-state index in [2.05, 4.69) is 16.3 Å². The summed E-state index contributed by atoms with van der Waals surface area (Å²) in [5.41, 5.74) is 5.50. The van der Waals surface area contributed by atoms with Crippen LogP contribution in [0.25, 0.3) is 0 Å². The topological polar surface area (TPSA) is 62.4 Å². The van der Waals surface area contributed by atoms with Crippen LogP contribution in [0.2, 0.25) is 0 Å². The van der Waals surface area contributed by atoms with Crippen LogP contribution in [-0.2, 0) is 0 Å². The van der Waals surface area contributed by atoms with Crippen molar-refractivity contribution >= 4 is 11.5 Å². The van der Waals surface area contributed by atoms with Gasteiger partial charge in [-0.2, -0.15) is 0 Å². The van der Waals surface area contributed by atoms with Gasteiger partial charge in [0.25, 0.3) is 0 Å². The third-order valence-corrected chi connectivity index (χ3v) is 5.33. The van der Waals surface area contributed by atoms with E-state index in [0.29, 0.717) is 12.1 Å². The van der Waals surface area contributed by atoms with Gasteiger partial charge in [-0.3, -0.25) is 0 Å². The van der Waals surface area contributed by atoms with Crippen molar-refractivity contribution in [2.45, 2.75) is 49.4 Å². The van der Waals surface area contributed by atoms with Gasteiger partial charge in [0.1, 0.15) is 0 Å². The smallest absolute Gasteiger partial charge is 0.0877 e. The van der Waals surface area contributed by atoms with E-state index in [-0.39, 0.29) is 6.04 Å². The Labute approximate surface area is 106 Å². The van der Waals surface area contributed by atoms with Crippen molar-refractivity contribution in [3.8, 4) is 0 Å². The quantitative estimate of drug-likeness (QED) is 0.829. The number of aliphatic hydroxyl groups is 1. The molecule has 2 aliphatic heterocycles. The second-order valence-electron chi connectivity index (χ2n) is 5.45. The molecule has 94 valence electrons. The molecule has 0 amide bonds. The van der Waals surface area contributed by atoms with Crippen molar-refractivity contribution < 1.29 is 5.11 Å². The summed E-state index contributed by atoms with van der Waals surface area (Å²) in [7, 11) is 2.17. The summed E-state index contributed by atoms with van der Waals surface area (Å²) in [6.07, 6.45) is 5.72. The molecule has 2 saturated heterocycles. The van der Waals surface area contributed by atoms with Crippen molar-refractivity contribution in [2.75, 3.05) is 7.05 Å². The lowest BCUT2D eigenvalue weighted by Crippen LogP contribution is -2.53. The average Bonchev–Trinajstić information content (AvgIpc) is 2.88. The highest BCUT2D eigenvalue weighted by Gasteiger charge is 2.49. The molecular formula is C12H19N3OS. The van der Waals surface area contributed by atoms with Crippen LogP contribution in [0.5, 0.6) is 0 Å². The van der Waals surface area contributed by atoms with E-state index in [9.17, 15) is 5.11 Å². The highest BCUT2D eigenvalue weighted by atomic mass is 32.1. The molecule has 0 spiro atoms. The van der Waals surface area contributed by atoms with Crippen LogP contribution in [0.15, 0.2) is 12.3 Å². The average molecular weight is 253 g/mol. The number of nitrogens with zero attached hydrogens (tertiary/aromatic N) is 2. The number of aromatic nitrogens is 1. The highest BCUT2D eigenvalue weighted by Crippen LogP contribution is 2.44. The fraction of sp³-hybridized carbons (Fsp3) is 0.750. The summed E-state index contributed by atoms with van der Waals surface area (Å²) >= 11 is 1.40. The molecule has 2 bridgehead atoms. The molecule has 5 heteroatoms. The largest absolute Gasteiger partial charge is 0.388 e. The van der Waals surface area contributed by atoms with E-state index in [1.807, 2.05) is 6.07 Å². The van der Waals surface area contributed by atoms with Gasteiger partial charge in [-0.15, -0.1) is 0 Å². The first-order valence-electron chi connectivity index (χ1n) is 6.20. The SMILES string of the molecule is CN1C2CCC1CC(O)(C(N)c1ccns1)C2. The minimum Gasteiger partial charge on any atom is -0.388 e. The summed E-state index contributed by atoms with van der Waals surface area (Å²) in [6, 6.07) is 2.63. The molecule has 3 heterocycles. The number of fused-ring (bicyclic) bond motifs is 2. The zero-order valence-corrected chi connectivity index (χ0v) is 10.9. The van der Waals surface area contributed by atoms with E-state index in [4.69, 9.17) is 5.73 Å². The van der Waals surface area contributed by atoms with Gasteiger partial charge in [0, 0.05) is 23.2 Å². The first-order chi connectivity index (χ1) is 8.10. The number of nitrogens with two attached hydrogens (primary N) is 1. The Morgan fingerprint density at radius 3 is 2.71 bits per heavy atom. The van der Waals surface area contributed by atoms with Crippen molar-refractivity contribution in [1.82, 2.24) is 9.27 Å². The normalized spacial score (nSPS) is 39.5. The molecule has 0 aliphatic carbocycles. The predicted octanol–water partition coefficient (Wildman–Crippen LogP) is 1.13. The molecule has 1 aromatic rings. The molecule has 3 atom stereocenters. The standard InChI is InChI=1S/C12H19N3OS/c1-15-8-2-3-9(15)7-12(16,6-8)11(13)10-4-5-14-17-10/h4-5,8-9,11,16H,2-3,6-7,13H2,1H3. The second-order valence-corrected chi connectivity index (χ2v) is 6.32. The van der Waals surface area contributed by atoms with Gasteiger partial charge in [-0.05, 0) is 50.3 Å². The minimum absolute atomic E-state index is 0.285. The molecule has 0 saturated carbocycles. The molecular weight excluding hydrogens is 234 g/mol. The van der Waals surface area contributed by atoms with Crippen LogP contribution in [0.1, 0.15) is 36.6 Å². The summed E-state index contributed by atoms with van der Waals surface area (Å²) in [5.74, 6) is 0. The molecule has 3 N–H and O–H groups in total. The summed E-state index contributed by atoms with van der Waals surface area (Å²) in [4.78, 5) is 3.41. The van der Waals surface area contributed by atoms with Crippen LogP contribution >= 0.6 is 11.5 Å². The van der Waals surface area contributed by atoms with E-state index in [1.165, 1.54) is 24.4 Å². The Hall–Kier alpha value is -0.490. The molecule has 4 nitrogen and oxygen atoms in total. The molecule has 0 aromatic carbocycles. The Kier molecular flexibility index (Phi) is 2.74. The molecule has 3 rings (SSSR count). The number of rotatable bonds is 2. The molecule has 0 radical (unpaired) electrons. The van der Waals surface area contributed by atoms with Gasteiger partial charge in [-0.25, -0.2) is 4.37 Å².